The molecule has 0 spiro atoms. The van der Waals surface area contributed by atoms with E-state index in [2.05, 4.69) is 10.5 Å². The number of nitrogens with one attached hydrogen (secondary N) is 1. The van der Waals surface area contributed by atoms with Crippen LogP contribution in [0.4, 0.5) is 0 Å². The van der Waals surface area contributed by atoms with Crippen LogP contribution in [-0.2, 0) is 4.79 Å². The summed E-state index contributed by atoms with van der Waals surface area (Å²) in [5.74, 6) is 0.146. The molecule has 2 rings (SSSR count). The fraction of sp³-hybridized carbons (Fsp3) is 0.0667. The fourth-order valence-electron chi connectivity index (χ4n) is 1.48. The molecule has 0 aliphatic carbocycles. The van der Waals surface area contributed by atoms with E-state index in [-0.39, 0.29) is 17.4 Å². The molecule has 1 amide bonds. The van der Waals surface area contributed by atoms with Gasteiger partial charge in [-0.3, -0.25) is 4.79 Å². The molecule has 0 saturated carbocycles. The summed E-state index contributed by atoms with van der Waals surface area (Å²) in [7, 11) is 0. The predicted octanol–water partition coefficient (Wildman–Crippen LogP) is 3.29. The third kappa shape index (κ3) is 5.13. The van der Waals surface area contributed by atoms with Crippen molar-refractivity contribution in [2.45, 2.75) is 4.90 Å². The van der Waals surface area contributed by atoms with Gasteiger partial charge in [0.2, 0.25) is 5.91 Å². The SMILES string of the molecule is O=C(CSc1ccc(Cl)cc1)NN=Cc1ccccc1O. The number of thioether (sulfide) groups is 1. The average molecular weight is 321 g/mol. The van der Waals surface area contributed by atoms with E-state index in [4.69, 9.17) is 11.6 Å². The number of benzene rings is 2. The van der Waals surface area contributed by atoms with E-state index in [1.54, 1.807) is 36.4 Å². The first-order valence-corrected chi connectivity index (χ1v) is 7.50. The maximum absolute atomic E-state index is 11.6. The van der Waals surface area contributed by atoms with Crippen molar-refractivity contribution >= 4 is 35.5 Å². The minimum absolute atomic E-state index is 0.117. The van der Waals surface area contributed by atoms with E-state index in [1.807, 2.05) is 12.1 Å². The van der Waals surface area contributed by atoms with Crippen LogP contribution in [0.25, 0.3) is 0 Å². The van der Waals surface area contributed by atoms with Crippen molar-refractivity contribution in [3.05, 3.63) is 59.1 Å². The summed E-state index contributed by atoms with van der Waals surface area (Å²) in [5.41, 5.74) is 2.96. The first-order chi connectivity index (χ1) is 10.1. The highest BCUT2D eigenvalue weighted by Crippen LogP contribution is 2.19. The summed E-state index contributed by atoms with van der Waals surface area (Å²) < 4.78 is 0. The van der Waals surface area contributed by atoms with E-state index in [1.165, 1.54) is 18.0 Å². The van der Waals surface area contributed by atoms with Gasteiger partial charge in [0, 0.05) is 15.5 Å². The van der Waals surface area contributed by atoms with Crippen molar-refractivity contribution < 1.29 is 9.90 Å². The normalized spacial score (nSPS) is 10.7. The number of nitrogens with zero attached hydrogens (tertiary/aromatic N) is 1. The topological polar surface area (TPSA) is 61.7 Å². The monoisotopic (exact) mass is 320 g/mol. The number of hydrogen-bond donors (Lipinski definition) is 2. The number of phenolic OH excluding ortho intramolecular Hbond substituents is 1. The Morgan fingerprint density at radius 1 is 1.24 bits per heavy atom. The van der Waals surface area contributed by atoms with Gasteiger partial charge in [-0.1, -0.05) is 23.7 Å². The van der Waals surface area contributed by atoms with Gasteiger partial charge in [-0.25, -0.2) is 5.43 Å². The second kappa shape index (κ2) is 7.71. The van der Waals surface area contributed by atoms with Crippen LogP contribution in [-0.4, -0.2) is 23.0 Å². The molecule has 0 unspecified atom stereocenters. The lowest BCUT2D eigenvalue weighted by atomic mass is 10.2. The van der Waals surface area contributed by atoms with Crippen LogP contribution in [0.3, 0.4) is 0 Å². The van der Waals surface area contributed by atoms with Crippen molar-refractivity contribution in [3.8, 4) is 5.75 Å². The second-order valence-electron chi connectivity index (χ2n) is 4.09. The molecule has 0 saturated heterocycles. The zero-order valence-electron chi connectivity index (χ0n) is 11.0. The number of aromatic hydroxyl groups is 1. The number of carbonyl (C=O) groups excluding carboxylic acids is 1. The Bertz CT molecular complexity index is 644. The number of para-hydroxylation sites is 1. The van der Waals surface area contributed by atoms with Gasteiger partial charge in [-0.2, -0.15) is 5.10 Å². The summed E-state index contributed by atoms with van der Waals surface area (Å²) in [6, 6.07) is 14.0. The molecule has 2 aromatic carbocycles. The van der Waals surface area contributed by atoms with Crippen LogP contribution in [0.1, 0.15) is 5.56 Å². The largest absolute Gasteiger partial charge is 0.507 e. The lowest BCUT2D eigenvalue weighted by molar-refractivity contribution is -0.118. The molecular formula is C15H13ClN2O2S. The molecule has 0 aliphatic rings. The molecule has 4 nitrogen and oxygen atoms in total. The highest BCUT2D eigenvalue weighted by atomic mass is 35.5. The lowest BCUT2D eigenvalue weighted by Crippen LogP contribution is -2.19. The minimum atomic E-state index is -0.221. The third-order valence-electron chi connectivity index (χ3n) is 2.51. The highest BCUT2D eigenvalue weighted by molar-refractivity contribution is 8.00. The van der Waals surface area contributed by atoms with Gasteiger partial charge in [-0.15, -0.1) is 11.8 Å². The quantitative estimate of drug-likeness (QED) is 0.505. The maximum atomic E-state index is 11.6. The zero-order valence-corrected chi connectivity index (χ0v) is 12.6. The number of phenols is 1. The third-order valence-corrected chi connectivity index (χ3v) is 3.78. The molecule has 0 radical (unpaired) electrons. The molecule has 0 atom stereocenters. The first kappa shape index (κ1) is 15.4. The molecule has 0 aromatic heterocycles. The smallest absolute Gasteiger partial charge is 0.250 e. The predicted molar refractivity (Wildman–Crippen MR) is 86.0 cm³/mol. The molecular weight excluding hydrogens is 308 g/mol. The molecule has 108 valence electrons. The van der Waals surface area contributed by atoms with E-state index < -0.39 is 0 Å². The highest BCUT2D eigenvalue weighted by Gasteiger charge is 2.02. The molecule has 21 heavy (non-hydrogen) atoms. The number of carbonyl (C=O) groups is 1. The van der Waals surface area contributed by atoms with Gasteiger partial charge in [-0.05, 0) is 36.4 Å². The van der Waals surface area contributed by atoms with Crippen LogP contribution in [0, 0.1) is 0 Å². The van der Waals surface area contributed by atoms with Crippen molar-refractivity contribution in [1.29, 1.82) is 0 Å². The average Bonchev–Trinajstić information content (AvgIpc) is 2.49. The first-order valence-electron chi connectivity index (χ1n) is 6.13. The summed E-state index contributed by atoms with van der Waals surface area (Å²) >= 11 is 7.18. The van der Waals surface area contributed by atoms with Crippen molar-refractivity contribution in [3.63, 3.8) is 0 Å². The van der Waals surface area contributed by atoms with Gasteiger partial charge in [0.15, 0.2) is 0 Å². The van der Waals surface area contributed by atoms with Gasteiger partial charge >= 0.3 is 0 Å². The molecule has 6 heteroatoms. The Labute approximate surface area is 131 Å². The van der Waals surface area contributed by atoms with Crippen molar-refractivity contribution in [2.75, 3.05) is 5.75 Å². The maximum Gasteiger partial charge on any atom is 0.250 e. The Balaban J connectivity index is 1.80. The van der Waals surface area contributed by atoms with Gasteiger partial charge in [0.05, 0.1) is 12.0 Å². The van der Waals surface area contributed by atoms with E-state index in [0.29, 0.717) is 10.6 Å². The molecule has 0 bridgehead atoms. The Kier molecular flexibility index (Phi) is 5.66. The van der Waals surface area contributed by atoms with Crippen LogP contribution < -0.4 is 5.43 Å². The van der Waals surface area contributed by atoms with Crippen LogP contribution in [0.2, 0.25) is 5.02 Å². The van der Waals surface area contributed by atoms with E-state index in [0.717, 1.165) is 4.90 Å². The summed E-state index contributed by atoms with van der Waals surface area (Å²) in [5, 5.41) is 14.0. The molecule has 0 aliphatic heterocycles. The second-order valence-corrected chi connectivity index (χ2v) is 5.58. The van der Waals surface area contributed by atoms with Crippen LogP contribution in [0.15, 0.2) is 58.5 Å². The number of halogens is 1. The molecule has 2 aromatic rings. The number of hydrazone groups is 1. The van der Waals surface area contributed by atoms with Crippen LogP contribution >= 0.6 is 23.4 Å². The zero-order chi connectivity index (χ0) is 15.1. The van der Waals surface area contributed by atoms with Crippen LogP contribution in [0.5, 0.6) is 5.75 Å². The van der Waals surface area contributed by atoms with Gasteiger partial charge in [0.1, 0.15) is 5.75 Å². The number of hydrogen-bond acceptors (Lipinski definition) is 4. The van der Waals surface area contributed by atoms with Gasteiger partial charge < -0.3 is 5.11 Å². The molecule has 2 N–H and O–H groups in total. The fourth-order valence-corrected chi connectivity index (χ4v) is 2.30. The van der Waals surface area contributed by atoms with Gasteiger partial charge in [0.25, 0.3) is 0 Å². The minimum Gasteiger partial charge on any atom is -0.507 e. The Morgan fingerprint density at radius 2 is 1.95 bits per heavy atom. The Morgan fingerprint density at radius 3 is 2.67 bits per heavy atom. The Hall–Kier alpha value is -1.98. The number of amides is 1. The van der Waals surface area contributed by atoms with E-state index >= 15 is 0 Å². The lowest BCUT2D eigenvalue weighted by Gasteiger charge is -2.01. The summed E-state index contributed by atoms with van der Waals surface area (Å²) in [4.78, 5) is 12.6. The summed E-state index contributed by atoms with van der Waals surface area (Å²) in [6.07, 6.45) is 1.40. The number of rotatable bonds is 5. The molecule has 0 heterocycles. The summed E-state index contributed by atoms with van der Waals surface area (Å²) in [6.45, 7) is 0. The molecule has 0 fully saturated rings. The van der Waals surface area contributed by atoms with Crippen molar-refractivity contribution in [1.82, 2.24) is 5.43 Å². The van der Waals surface area contributed by atoms with E-state index in [9.17, 15) is 9.90 Å². The van der Waals surface area contributed by atoms with Crippen molar-refractivity contribution in [2.24, 2.45) is 5.10 Å². The standard InChI is InChI=1S/C15H13ClN2O2S/c16-12-5-7-13(8-6-12)21-10-15(20)18-17-9-11-3-1-2-4-14(11)19/h1-9,19H,10H2,(H,18,20).